The van der Waals surface area contributed by atoms with Crippen molar-refractivity contribution in [1.82, 2.24) is 0 Å². The molecule has 0 unspecified atom stereocenters. The fourth-order valence-corrected chi connectivity index (χ4v) is 4.60. The van der Waals surface area contributed by atoms with Crippen LogP contribution in [0.2, 0.25) is 0 Å². The van der Waals surface area contributed by atoms with Crippen molar-refractivity contribution in [3.05, 3.63) is 56.5 Å². The van der Waals surface area contributed by atoms with Crippen molar-refractivity contribution in [3.63, 3.8) is 0 Å². The SMILES string of the molecule is Cc1cc(F)ccc1C(=O)c1cc2c(s1)CCSC2. The Hall–Kier alpha value is -1.13. The molecule has 4 heteroatoms. The van der Waals surface area contributed by atoms with Gasteiger partial charge in [0.15, 0.2) is 0 Å². The maximum atomic E-state index is 13.1. The molecule has 0 bridgehead atoms. The monoisotopic (exact) mass is 292 g/mol. The molecule has 0 saturated carbocycles. The molecule has 1 aliphatic heterocycles. The standard InChI is InChI=1S/C15H13FOS2/c1-9-6-11(16)2-3-12(9)15(17)14-7-10-8-18-5-4-13(10)19-14/h2-3,6-7H,4-5,8H2,1H3. The molecular formula is C15H13FOS2. The lowest BCUT2D eigenvalue weighted by Gasteiger charge is -2.08. The highest BCUT2D eigenvalue weighted by atomic mass is 32.2. The van der Waals surface area contributed by atoms with Crippen molar-refractivity contribution in [3.8, 4) is 0 Å². The number of ketones is 1. The summed E-state index contributed by atoms with van der Waals surface area (Å²) >= 11 is 3.50. The first kappa shape index (κ1) is 12.9. The normalized spacial score (nSPS) is 14.2. The molecule has 0 fully saturated rings. The largest absolute Gasteiger partial charge is 0.288 e. The van der Waals surface area contributed by atoms with Crippen LogP contribution < -0.4 is 0 Å². The van der Waals surface area contributed by atoms with E-state index in [1.165, 1.54) is 22.6 Å². The number of benzene rings is 1. The van der Waals surface area contributed by atoms with Crippen LogP contribution in [-0.4, -0.2) is 11.5 Å². The molecule has 0 atom stereocenters. The number of thioether (sulfide) groups is 1. The van der Waals surface area contributed by atoms with Gasteiger partial charge in [0.25, 0.3) is 0 Å². The summed E-state index contributed by atoms with van der Waals surface area (Å²) in [5.41, 5.74) is 2.60. The zero-order valence-electron chi connectivity index (χ0n) is 10.5. The van der Waals surface area contributed by atoms with Crippen molar-refractivity contribution in [2.75, 3.05) is 5.75 Å². The Balaban J connectivity index is 1.97. The van der Waals surface area contributed by atoms with E-state index in [4.69, 9.17) is 0 Å². The minimum atomic E-state index is -0.295. The molecule has 1 aliphatic rings. The van der Waals surface area contributed by atoms with Gasteiger partial charge in [0.05, 0.1) is 4.88 Å². The molecule has 0 spiro atoms. The second-order valence-corrected chi connectivity index (χ2v) is 6.89. The smallest absolute Gasteiger partial charge is 0.203 e. The number of fused-ring (bicyclic) bond motifs is 1. The molecular weight excluding hydrogens is 279 g/mol. The summed E-state index contributed by atoms with van der Waals surface area (Å²) in [6.45, 7) is 1.78. The van der Waals surface area contributed by atoms with Crippen LogP contribution in [0.25, 0.3) is 0 Å². The van der Waals surface area contributed by atoms with Gasteiger partial charge in [0.2, 0.25) is 5.78 Å². The molecule has 1 nitrogen and oxygen atoms in total. The summed E-state index contributed by atoms with van der Waals surface area (Å²) in [6.07, 6.45) is 1.06. The summed E-state index contributed by atoms with van der Waals surface area (Å²) < 4.78 is 13.1. The molecule has 19 heavy (non-hydrogen) atoms. The number of rotatable bonds is 2. The summed E-state index contributed by atoms with van der Waals surface area (Å²) in [6, 6.07) is 6.36. The fourth-order valence-electron chi connectivity index (χ4n) is 2.27. The molecule has 0 radical (unpaired) electrons. The maximum absolute atomic E-state index is 13.1. The molecule has 0 aliphatic carbocycles. The minimum absolute atomic E-state index is 0.0156. The van der Waals surface area contributed by atoms with Gasteiger partial charge >= 0.3 is 0 Å². The van der Waals surface area contributed by atoms with E-state index in [1.807, 2.05) is 17.8 Å². The Morgan fingerprint density at radius 1 is 1.32 bits per heavy atom. The van der Waals surface area contributed by atoms with Crippen LogP contribution in [0.4, 0.5) is 4.39 Å². The van der Waals surface area contributed by atoms with E-state index in [0.717, 1.165) is 22.8 Å². The third-order valence-electron chi connectivity index (χ3n) is 3.28. The van der Waals surface area contributed by atoms with Crippen LogP contribution in [-0.2, 0) is 12.2 Å². The van der Waals surface area contributed by atoms with Gasteiger partial charge in [0, 0.05) is 16.2 Å². The lowest BCUT2D eigenvalue weighted by atomic mass is 10.0. The van der Waals surface area contributed by atoms with Crippen molar-refractivity contribution >= 4 is 28.9 Å². The summed E-state index contributed by atoms with van der Waals surface area (Å²) in [5.74, 6) is 1.86. The molecule has 0 amide bonds. The Morgan fingerprint density at radius 2 is 2.16 bits per heavy atom. The van der Waals surface area contributed by atoms with Gasteiger partial charge in [-0.2, -0.15) is 11.8 Å². The Kier molecular flexibility index (Phi) is 3.46. The first-order valence-corrected chi connectivity index (χ1v) is 8.12. The number of aryl methyl sites for hydroxylation is 2. The number of carbonyl (C=O) groups excluding carboxylic acids is 1. The zero-order valence-corrected chi connectivity index (χ0v) is 12.2. The summed E-state index contributed by atoms with van der Waals surface area (Å²) in [5, 5.41) is 0. The third kappa shape index (κ3) is 2.47. The molecule has 98 valence electrons. The van der Waals surface area contributed by atoms with E-state index in [9.17, 15) is 9.18 Å². The number of carbonyl (C=O) groups is 1. The number of hydrogen-bond donors (Lipinski definition) is 0. The highest BCUT2D eigenvalue weighted by molar-refractivity contribution is 7.98. The highest BCUT2D eigenvalue weighted by Crippen LogP contribution is 2.33. The molecule has 0 saturated heterocycles. The van der Waals surface area contributed by atoms with Gasteiger partial charge in [-0.25, -0.2) is 4.39 Å². The molecule has 3 rings (SSSR count). The topological polar surface area (TPSA) is 17.1 Å². The molecule has 1 aromatic heterocycles. The highest BCUT2D eigenvalue weighted by Gasteiger charge is 2.19. The summed E-state index contributed by atoms with van der Waals surface area (Å²) in [7, 11) is 0. The minimum Gasteiger partial charge on any atom is -0.288 e. The average Bonchev–Trinajstić information content (AvgIpc) is 2.81. The van der Waals surface area contributed by atoms with Gasteiger partial charge in [-0.3, -0.25) is 4.79 Å². The zero-order chi connectivity index (χ0) is 13.4. The van der Waals surface area contributed by atoms with Gasteiger partial charge in [-0.15, -0.1) is 11.3 Å². The van der Waals surface area contributed by atoms with Crippen LogP contribution in [0.1, 0.15) is 31.2 Å². The predicted octanol–water partition coefficient (Wildman–Crippen LogP) is 4.22. The first-order chi connectivity index (χ1) is 9.15. The van der Waals surface area contributed by atoms with Crippen LogP contribution in [0, 0.1) is 12.7 Å². The number of hydrogen-bond acceptors (Lipinski definition) is 3. The van der Waals surface area contributed by atoms with Gasteiger partial charge in [-0.1, -0.05) is 0 Å². The number of thiophene rings is 1. The molecule has 2 aromatic rings. The van der Waals surface area contributed by atoms with E-state index in [2.05, 4.69) is 0 Å². The molecule has 2 heterocycles. The summed E-state index contributed by atoms with van der Waals surface area (Å²) in [4.78, 5) is 14.6. The van der Waals surface area contributed by atoms with E-state index >= 15 is 0 Å². The Bertz CT molecular complexity index is 622. The van der Waals surface area contributed by atoms with Gasteiger partial charge in [0.1, 0.15) is 5.82 Å². The lowest BCUT2D eigenvalue weighted by molar-refractivity contribution is 0.104. The van der Waals surface area contributed by atoms with Crippen LogP contribution in [0.5, 0.6) is 0 Å². The van der Waals surface area contributed by atoms with Crippen LogP contribution in [0.15, 0.2) is 24.3 Å². The van der Waals surface area contributed by atoms with Crippen molar-refractivity contribution < 1.29 is 9.18 Å². The van der Waals surface area contributed by atoms with E-state index in [-0.39, 0.29) is 11.6 Å². The van der Waals surface area contributed by atoms with Gasteiger partial charge in [-0.05, 0) is 54.5 Å². The van der Waals surface area contributed by atoms with Crippen molar-refractivity contribution in [2.24, 2.45) is 0 Å². The quantitative estimate of drug-likeness (QED) is 0.771. The lowest BCUT2D eigenvalue weighted by Crippen LogP contribution is -2.01. The number of halogens is 1. The van der Waals surface area contributed by atoms with Crippen LogP contribution in [0.3, 0.4) is 0 Å². The van der Waals surface area contributed by atoms with E-state index < -0.39 is 0 Å². The Labute approximate surface area is 119 Å². The second-order valence-electron chi connectivity index (χ2n) is 4.65. The molecule has 0 N–H and O–H groups in total. The van der Waals surface area contributed by atoms with E-state index in [1.54, 1.807) is 24.3 Å². The van der Waals surface area contributed by atoms with Crippen molar-refractivity contribution in [2.45, 2.75) is 19.1 Å². The third-order valence-corrected chi connectivity index (χ3v) is 5.53. The first-order valence-electron chi connectivity index (χ1n) is 6.15. The maximum Gasteiger partial charge on any atom is 0.203 e. The van der Waals surface area contributed by atoms with Gasteiger partial charge < -0.3 is 0 Å². The predicted molar refractivity (Wildman–Crippen MR) is 78.8 cm³/mol. The van der Waals surface area contributed by atoms with Crippen LogP contribution >= 0.6 is 23.1 Å². The molecule has 1 aromatic carbocycles. The fraction of sp³-hybridized carbons (Fsp3) is 0.267. The van der Waals surface area contributed by atoms with E-state index in [0.29, 0.717) is 11.1 Å². The second kappa shape index (κ2) is 5.10. The average molecular weight is 292 g/mol. The van der Waals surface area contributed by atoms with Crippen molar-refractivity contribution in [1.29, 1.82) is 0 Å². The Morgan fingerprint density at radius 3 is 2.89 bits per heavy atom.